The molecule has 0 bridgehead atoms. The van der Waals surface area contributed by atoms with Gasteiger partial charge in [0, 0.05) is 21.9 Å². The van der Waals surface area contributed by atoms with E-state index in [2.05, 4.69) is 93.8 Å². The molecule has 2 aliphatic heterocycles. The van der Waals surface area contributed by atoms with Gasteiger partial charge in [0.1, 0.15) is 0 Å². The summed E-state index contributed by atoms with van der Waals surface area (Å²) in [5.41, 5.74) is 5.77. The van der Waals surface area contributed by atoms with Gasteiger partial charge in [-0.1, -0.05) is 42.5 Å². The molecule has 146 valence electrons. The van der Waals surface area contributed by atoms with Crippen molar-refractivity contribution in [3.63, 3.8) is 0 Å². The quantitative estimate of drug-likeness (QED) is 0.542. The van der Waals surface area contributed by atoms with E-state index in [-0.39, 0.29) is 23.7 Å². The largest absolute Gasteiger partial charge is 0.494 e. The summed E-state index contributed by atoms with van der Waals surface area (Å²) in [4.78, 5) is 0. The Morgan fingerprint density at radius 3 is 2.41 bits per heavy atom. The number of nitrogens with zero attached hydrogens (tertiary/aromatic N) is 1. The number of aromatic nitrogens is 1. The molecular formula is C25H26BNO2. The van der Waals surface area contributed by atoms with E-state index in [0.29, 0.717) is 0 Å². The third kappa shape index (κ3) is 2.06. The number of rotatable bonds is 1. The SMILES string of the molecule is CC12CC=CC=C1n1c3ccccc3c3cc(B4OC(C)(C)C(C)(C)O4)cc2c31. The van der Waals surface area contributed by atoms with Crippen LogP contribution in [-0.4, -0.2) is 22.9 Å². The Morgan fingerprint density at radius 1 is 0.931 bits per heavy atom. The molecule has 3 aliphatic rings. The van der Waals surface area contributed by atoms with Crippen molar-refractivity contribution in [2.45, 2.75) is 57.7 Å². The zero-order chi connectivity index (χ0) is 20.2. The molecule has 1 unspecified atom stereocenters. The molecule has 29 heavy (non-hydrogen) atoms. The highest BCUT2D eigenvalue weighted by molar-refractivity contribution is 6.62. The van der Waals surface area contributed by atoms with E-state index in [1.165, 1.54) is 33.1 Å². The Kier molecular flexibility index (Phi) is 3.17. The Morgan fingerprint density at radius 2 is 1.66 bits per heavy atom. The number of hydrogen-bond acceptors (Lipinski definition) is 2. The summed E-state index contributed by atoms with van der Waals surface area (Å²) in [6, 6.07) is 13.3. The summed E-state index contributed by atoms with van der Waals surface area (Å²) >= 11 is 0. The van der Waals surface area contributed by atoms with Gasteiger partial charge in [-0.3, -0.25) is 0 Å². The molecular weight excluding hydrogens is 357 g/mol. The second kappa shape index (κ2) is 5.24. The maximum atomic E-state index is 6.42. The summed E-state index contributed by atoms with van der Waals surface area (Å²) in [5, 5.41) is 2.58. The molecule has 0 spiro atoms. The van der Waals surface area contributed by atoms with E-state index in [1.807, 2.05) is 0 Å². The van der Waals surface area contributed by atoms with Gasteiger partial charge in [-0.15, -0.1) is 0 Å². The van der Waals surface area contributed by atoms with Crippen molar-refractivity contribution in [3.05, 3.63) is 60.2 Å². The Balaban J connectivity index is 1.66. The molecule has 1 fully saturated rings. The van der Waals surface area contributed by atoms with E-state index >= 15 is 0 Å². The van der Waals surface area contributed by atoms with E-state index in [9.17, 15) is 0 Å². The van der Waals surface area contributed by atoms with Crippen molar-refractivity contribution >= 4 is 40.1 Å². The summed E-state index contributed by atoms with van der Waals surface area (Å²) in [7, 11) is -0.349. The summed E-state index contributed by atoms with van der Waals surface area (Å²) in [6.45, 7) is 10.8. The summed E-state index contributed by atoms with van der Waals surface area (Å²) in [6.07, 6.45) is 7.77. The number of para-hydroxylation sites is 1. The van der Waals surface area contributed by atoms with Crippen LogP contribution in [0.4, 0.5) is 0 Å². The highest BCUT2D eigenvalue weighted by atomic mass is 16.7. The van der Waals surface area contributed by atoms with Crippen molar-refractivity contribution in [2.24, 2.45) is 0 Å². The predicted molar refractivity (Wildman–Crippen MR) is 121 cm³/mol. The lowest BCUT2D eigenvalue weighted by Crippen LogP contribution is -2.41. The minimum Gasteiger partial charge on any atom is -0.399 e. The minimum atomic E-state index is -0.349. The third-order valence-electron chi connectivity index (χ3n) is 7.63. The van der Waals surface area contributed by atoms with Crippen LogP contribution in [-0.2, 0) is 14.7 Å². The highest BCUT2D eigenvalue weighted by Gasteiger charge is 2.52. The van der Waals surface area contributed by atoms with Crippen molar-refractivity contribution in [1.82, 2.24) is 4.57 Å². The van der Waals surface area contributed by atoms with Crippen LogP contribution >= 0.6 is 0 Å². The first-order valence-corrected chi connectivity index (χ1v) is 10.5. The smallest absolute Gasteiger partial charge is 0.399 e. The lowest BCUT2D eigenvalue weighted by molar-refractivity contribution is 0.00578. The summed E-state index contributed by atoms with van der Waals surface area (Å²) in [5.74, 6) is 0. The van der Waals surface area contributed by atoms with Crippen LogP contribution < -0.4 is 5.46 Å². The maximum absolute atomic E-state index is 6.42. The number of fused-ring (bicyclic) bond motifs is 6. The minimum absolute atomic E-state index is 0.0218. The van der Waals surface area contributed by atoms with Crippen LogP contribution in [0.5, 0.6) is 0 Å². The van der Waals surface area contributed by atoms with Crippen LogP contribution in [0.3, 0.4) is 0 Å². The van der Waals surface area contributed by atoms with E-state index in [4.69, 9.17) is 9.31 Å². The van der Waals surface area contributed by atoms with Gasteiger partial charge >= 0.3 is 7.12 Å². The zero-order valence-corrected chi connectivity index (χ0v) is 17.7. The Labute approximate surface area is 172 Å². The van der Waals surface area contributed by atoms with Gasteiger partial charge < -0.3 is 13.9 Å². The second-order valence-electron chi connectivity index (χ2n) is 9.92. The number of allylic oxidation sites excluding steroid dienone is 4. The van der Waals surface area contributed by atoms with Crippen LogP contribution in [0, 0.1) is 0 Å². The lowest BCUT2D eigenvalue weighted by Gasteiger charge is -2.32. The van der Waals surface area contributed by atoms with Gasteiger partial charge in [-0.2, -0.15) is 0 Å². The fraction of sp³-hybridized carbons (Fsp3) is 0.360. The third-order valence-corrected chi connectivity index (χ3v) is 7.63. The van der Waals surface area contributed by atoms with E-state index in [0.717, 1.165) is 11.9 Å². The molecule has 3 nitrogen and oxygen atoms in total. The van der Waals surface area contributed by atoms with Crippen molar-refractivity contribution < 1.29 is 9.31 Å². The monoisotopic (exact) mass is 383 g/mol. The van der Waals surface area contributed by atoms with Gasteiger partial charge in [0.25, 0.3) is 0 Å². The molecule has 0 amide bonds. The molecule has 3 aromatic rings. The van der Waals surface area contributed by atoms with Gasteiger partial charge in [0.05, 0.1) is 22.2 Å². The van der Waals surface area contributed by atoms with Crippen LogP contribution in [0.25, 0.3) is 27.5 Å². The first-order chi connectivity index (χ1) is 13.7. The molecule has 0 radical (unpaired) electrons. The molecule has 4 heteroatoms. The molecule has 1 saturated heterocycles. The normalized spacial score (nSPS) is 26.4. The van der Waals surface area contributed by atoms with E-state index < -0.39 is 0 Å². The standard InChI is InChI=1S/C25H26BNO2/c1-23(2)24(3,4)29-26(28-23)16-14-18-17-10-6-7-11-20(17)27-21-12-8-9-13-25(21,5)19(15-16)22(18)27/h6-12,14-15H,13H2,1-5H3. The van der Waals surface area contributed by atoms with E-state index in [1.54, 1.807) is 0 Å². The fourth-order valence-electron chi connectivity index (χ4n) is 5.23. The molecule has 0 N–H and O–H groups in total. The average molecular weight is 383 g/mol. The molecule has 1 aliphatic carbocycles. The van der Waals surface area contributed by atoms with Crippen LogP contribution in [0.15, 0.2) is 54.6 Å². The molecule has 3 heterocycles. The average Bonchev–Trinajstić information content (AvgIpc) is 3.22. The zero-order valence-electron chi connectivity index (χ0n) is 17.7. The van der Waals surface area contributed by atoms with Crippen LogP contribution in [0.2, 0.25) is 0 Å². The number of benzene rings is 2. The number of hydrogen-bond donors (Lipinski definition) is 0. The Hall–Kier alpha value is -2.30. The maximum Gasteiger partial charge on any atom is 0.494 e. The van der Waals surface area contributed by atoms with Gasteiger partial charge in [0.2, 0.25) is 0 Å². The highest BCUT2D eigenvalue weighted by Crippen LogP contribution is 2.52. The molecule has 0 saturated carbocycles. The lowest BCUT2D eigenvalue weighted by atomic mass is 9.71. The van der Waals surface area contributed by atoms with Crippen molar-refractivity contribution in [1.29, 1.82) is 0 Å². The topological polar surface area (TPSA) is 23.4 Å². The van der Waals surface area contributed by atoms with Gasteiger partial charge in [-0.25, -0.2) is 0 Å². The Bertz CT molecular complexity index is 1250. The predicted octanol–water partition coefficient (Wildman–Crippen LogP) is 5.17. The molecule has 6 rings (SSSR count). The van der Waals surface area contributed by atoms with Gasteiger partial charge in [0.15, 0.2) is 0 Å². The molecule has 1 aromatic heterocycles. The van der Waals surface area contributed by atoms with Crippen molar-refractivity contribution in [2.75, 3.05) is 0 Å². The van der Waals surface area contributed by atoms with Crippen LogP contribution in [0.1, 0.15) is 46.6 Å². The van der Waals surface area contributed by atoms with Gasteiger partial charge in [-0.05, 0) is 64.2 Å². The summed E-state index contributed by atoms with van der Waals surface area (Å²) < 4.78 is 15.3. The fourth-order valence-corrected chi connectivity index (χ4v) is 5.23. The first kappa shape index (κ1) is 17.6. The van der Waals surface area contributed by atoms with Crippen molar-refractivity contribution in [3.8, 4) is 0 Å². The first-order valence-electron chi connectivity index (χ1n) is 10.5. The second-order valence-corrected chi connectivity index (χ2v) is 9.92. The molecule has 1 atom stereocenters. The molecule has 2 aromatic carbocycles.